The highest BCUT2D eigenvalue weighted by Gasteiger charge is 2.05. The maximum absolute atomic E-state index is 5.93. The lowest BCUT2D eigenvalue weighted by Crippen LogP contribution is -1.84. The van der Waals surface area contributed by atoms with Crippen LogP contribution in [-0.2, 0) is 0 Å². The van der Waals surface area contributed by atoms with E-state index in [2.05, 4.69) is 9.97 Å². The fraction of sp³-hybridized carbons (Fsp3) is 0. The molecule has 2 N–H and O–H groups in total. The molecule has 0 aliphatic rings. The third-order valence-electron chi connectivity index (χ3n) is 1.57. The molecule has 0 fully saturated rings. The molecule has 2 aromatic rings. The van der Waals surface area contributed by atoms with Gasteiger partial charge in [-0.25, -0.2) is 4.98 Å². The zero-order chi connectivity index (χ0) is 9.26. The van der Waals surface area contributed by atoms with Crippen molar-refractivity contribution in [1.29, 1.82) is 0 Å². The summed E-state index contributed by atoms with van der Waals surface area (Å²) in [6.45, 7) is 0. The van der Waals surface area contributed by atoms with Gasteiger partial charge in [0, 0.05) is 23.3 Å². The van der Waals surface area contributed by atoms with Crippen LogP contribution >= 0.6 is 22.9 Å². The Morgan fingerprint density at radius 1 is 1.46 bits per heavy atom. The number of nitrogens with two attached hydrogens (primary N) is 1. The second kappa shape index (κ2) is 3.32. The van der Waals surface area contributed by atoms with E-state index in [0.717, 1.165) is 11.3 Å². The van der Waals surface area contributed by atoms with Gasteiger partial charge in [0.25, 0.3) is 0 Å². The fourth-order valence-electron chi connectivity index (χ4n) is 0.994. The second-order valence-electron chi connectivity index (χ2n) is 2.43. The zero-order valence-electron chi connectivity index (χ0n) is 6.57. The minimum atomic E-state index is 0.544. The standard InChI is InChI=1S/C8H6ClN3S/c9-6-3-11-2-1-5(6)7-4-13-8(10)12-7/h1-4H,(H2,10,12). The molecule has 2 aromatic heterocycles. The molecular weight excluding hydrogens is 206 g/mol. The number of pyridine rings is 1. The quantitative estimate of drug-likeness (QED) is 0.788. The van der Waals surface area contributed by atoms with E-state index in [1.165, 1.54) is 11.3 Å². The number of rotatable bonds is 1. The van der Waals surface area contributed by atoms with Gasteiger partial charge in [-0.1, -0.05) is 11.6 Å². The van der Waals surface area contributed by atoms with E-state index in [-0.39, 0.29) is 0 Å². The highest BCUT2D eigenvalue weighted by molar-refractivity contribution is 7.13. The molecule has 0 bridgehead atoms. The number of nitrogens with zero attached hydrogens (tertiary/aromatic N) is 2. The van der Waals surface area contributed by atoms with E-state index in [1.807, 2.05) is 11.4 Å². The summed E-state index contributed by atoms with van der Waals surface area (Å²) in [7, 11) is 0. The number of nitrogen functional groups attached to an aromatic ring is 1. The predicted octanol–water partition coefficient (Wildman–Crippen LogP) is 2.44. The Morgan fingerprint density at radius 3 is 2.92 bits per heavy atom. The summed E-state index contributed by atoms with van der Waals surface area (Å²) in [5.41, 5.74) is 7.18. The van der Waals surface area contributed by atoms with Crippen molar-refractivity contribution in [1.82, 2.24) is 9.97 Å². The molecule has 3 nitrogen and oxygen atoms in total. The summed E-state index contributed by atoms with van der Waals surface area (Å²) in [4.78, 5) is 8.02. The van der Waals surface area contributed by atoms with Crippen molar-refractivity contribution in [2.75, 3.05) is 5.73 Å². The van der Waals surface area contributed by atoms with Crippen LogP contribution in [0.2, 0.25) is 5.02 Å². The van der Waals surface area contributed by atoms with Gasteiger partial charge in [-0.05, 0) is 6.07 Å². The van der Waals surface area contributed by atoms with Gasteiger partial charge in [-0.3, -0.25) is 4.98 Å². The molecule has 0 atom stereocenters. The molecular formula is C8H6ClN3S. The molecule has 0 aliphatic carbocycles. The Bertz CT molecular complexity index is 427. The lowest BCUT2D eigenvalue weighted by atomic mass is 10.2. The van der Waals surface area contributed by atoms with Gasteiger partial charge >= 0.3 is 0 Å². The number of aromatic nitrogens is 2. The largest absolute Gasteiger partial charge is 0.375 e. The van der Waals surface area contributed by atoms with Crippen molar-refractivity contribution in [3.8, 4) is 11.3 Å². The highest BCUT2D eigenvalue weighted by Crippen LogP contribution is 2.28. The van der Waals surface area contributed by atoms with E-state index < -0.39 is 0 Å². The number of halogens is 1. The molecule has 0 saturated heterocycles. The first-order chi connectivity index (χ1) is 6.27. The predicted molar refractivity (Wildman–Crippen MR) is 54.8 cm³/mol. The molecule has 0 spiro atoms. The summed E-state index contributed by atoms with van der Waals surface area (Å²) in [6.07, 6.45) is 3.27. The van der Waals surface area contributed by atoms with Crippen molar-refractivity contribution in [3.63, 3.8) is 0 Å². The van der Waals surface area contributed by atoms with Crippen molar-refractivity contribution in [2.45, 2.75) is 0 Å². The van der Waals surface area contributed by atoms with E-state index in [4.69, 9.17) is 17.3 Å². The summed E-state index contributed by atoms with van der Waals surface area (Å²) < 4.78 is 0. The second-order valence-corrected chi connectivity index (χ2v) is 3.72. The summed E-state index contributed by atoms with van der Waals surface area (Å²) in [5.74, 6) is 0. The van der Waals surface area contributed by atoms with Gasteiger partial charge in [0.15, 0.2) is 5.13 Å². The number of hydrogen-bond acceptors (Lipinski definition) is 4. The third kappa shape index (κ3) is 1.64. The van der Waals surface area contributed by atoms with Crippen LogP contribution in [0.4, 0.5) is 5.13 Å². The lowest BCUT2D eigenvalue weighted by molar-refractivity contribution is 1.31. The zero-order valence-corrected chi connectivity index (χ0v) is 8.14. The molecule has 2 rings (SSSR count). The molecule has 2 heterocycles. The van der Waals surface area contributed by atoms with Crippen molar-refractivity contribution in [3.05, 3.63) is 28.9 Å². The van der Waals surface area contributed by atoms with E-state index in [9.17, 15) is 0 Å². The van der Waals surface area contributed by atoms with Gasteiger partial charge in [-0.2, -0.15) is 0 Å². The first-order valence-corrected chi connectivity index (χ1v) is 4.84. The summed E-state index contributed by atoms with van der Waals surface area (Å²) in [6, 6.07) is 1.82. The van der Waals surface area contributed by atoms with E-state index in [1.54, 1.807) is 12.4 Å². The van der Waals surface area contributed by atoms with Gasteiger partial charge in [0.2, 0.25) is 0 Å². The van der Waals surface area contributed by atoms with Crippen LogP contribution in [-0.4, -0.2) is 9.97 Å². The van der Waals surface area contributed by atoms with Gasteiger partial charge in [-0.15, -0.1) is 11.3 Å². The van der Waals surface area contributed by atoms with Gasteiger partial charge in [0.05, 0.1) is 10.7 Å². The summed E-state index contributed by atoms with van der Waals surface area (Å²) in [5, 5.41) is 3.01. The molecule has 0 unspecified atom stereocenters. The normalized spacial score (nSPS) is 10.2. The van der Waals surface area contributed by atoms with Gasteiger partial charge < -0.3 is 5.73 Å². The molecule has 66 valence electrons. The van der Waals surface area contributed by atoms with Crippen molar-refractivity contribution in [2.24, 2.45) is 0 Å². The third-order valence-corrected chi connectivity index (χ3v) is 2.55. The van der Waals surface area contributed by atoms with Crippen LogP contribution in [0.5, 0.6) is 0 Å². The maximum atomic E-state index is 5.93. The average Bonchev–Trinajstić information content (AvgIpc) is 2.53. The maximum Gasteiger partial charge on any atom is 0.180 e. The monoisotopic (exact) mass is 211 g/mol. The van der Waals surface area contributed by atoms with Crippen LogP contribution < -0.4 is 5.73 Å². The molecule has 0 amide bonds. The molecule has 0 aromatic carbocycles. The van der Waals surface area contributed by atoms with Crippen LogP contribution in [0.1, 0.15) is 0 Å². The highest BCUT2D eigenvalue weighted by atomic mass is 35.5. The molecule has 0 radical (unpaired) electrons. The first kappa shape index (κ1) is 8.47. The topological polar surface area (TPSA) is 51.8 Å². The fourth-order valence-corrected chi connectivity index (χ4v) is 1.77. The number of thiazole rings is 1. The van der Waals surface area contributed by atoms with Crippen LogP contribution in [0, 0.1) is 0 Å². The lowest BCUT2D eigenvalue weighted by Gasteiger charge is -1.97. The van der Waals surface area contributed by atoms with Crippen molar-refractivity contribution < 1.29 is 0 Å². The Kier molecular flexibility index (Phi) is 2.16. The Hall–Kier alpha value is -1.13. The first-order valence-electron chi connectivity index (χ1n) is 3.58. The Balaban J connectivity index is 2.52. The summed E-state index contributed by atoms with van der Waals surface area (Å²) >= 11 is 7.32. The minimum Gasteiger partial charge on any atom is -0.375 e. The molecule has 0 saturated carbocycles. The Morgan fingerprint density at radius 2 is 2.31 bits per heavy atom. The molecule has 0 aliphatic heterocycles. The van der Waals surface area contributed by atoms with Gasteiger partial charge in [0.1, 0.15) is 0 Å². The van der Waals surface area contributed by atoms with E-state index >= 15 is 0 Å². The smallest absolute Gasteiger partial charge is 0.180 e. The average molecular weight is 212 g/mol. The van der Waals surface area contributed by atoms with Crippen molar-refractivity contribution >= 4 is 28.1 Å². The SMILES string of the molecule is Nc1nc(-c2ccncc2Cl)cs1. The number of hydrogen-bond donors (Lipinski definition) is 1. The van der Waals surface area contributed by atoms with Crippen LogP contribution in [0.3, 0.4) is 0 Å². The minimum absolute atomic E-state index is 0.544. The Labute approximate surface area is 84.2 Å². The van der Waals surface area contributed by atoms with Crippen LogP contribution in [0.15, 0.2) is 23.8 Å². The molecule has 5 heteroatoms. The van der Waals surface area contributed by atoms with Crippen LogP contribution in [0.25, 0.3) is 11.3 Å². The van der Waals surface area contributed by atoms with E-state index in [0.29, 0.717) is 10.2 Å². The number of anilines is 1. The molecule has 13 heavy (non-hydrogen) atoms.